The third-order valence-corrected chi connectivity index (χ3v) is 9.51. The largest absolute Gasteiger partial charge is 0.480 e. The van der Waals surface area contributed by atoms with E-state index in [0.29, 0.717) is 13.1 Å². The van der Waals surface area contributed by atoms with Crippen LogP contribution in [0.15, 0.2) is 97.1 Å². The van der Waals surface area contributed by atoms with Crippen LogP contribution in [0.25, 0.3) is 6.08 Å². The van der Waals surface area contributed by atoms with Gasteiger partial charge in [-0.25, -0.2) is 9.59 Å². The van der Waals surface area contributed by atoms with Gasteiger partial charge in [0.25, 0.3) is 0 Å². The first-order chi connectivity index (χ1) is 22.9. The van der Waals surface area contributed by atoms with E-state index >= 15 is 0 Å². The predicted molar refractivity (Wildman–Crippen MR) is 176 cm³/mol. The van der Waals surface area contributed by atoms with Crippen molar-refractivity contribution < 1.29 is 29.0 Å². The molecule has 47 heavy (non-hydrogen) atoms. The zero-order chi connectivity index (χ0) is 32.8. The molecule has 244 valence electrons. The van der Waals surface area contributed by atoms with Crippen molar-refractivity contribution in [3.63, 3.8) is 0 Å². The van der Waals surface area contributed by atoms with E-state index in [1.54, 1.807) is 6.08 Å². The molecule has 3 heterocycles. The van der Waals surface area contributed by atoms with E-state index in [2.05, 4.69) is 17.0 Å². The van der Waals surface area contributed by atoms with Gasteiger partial charge in [0.15, 0.2) is 0 Å². The average molecular weight is 637 g/mol. The monoisotopic (exact) mass is 636 g/mol. The van der Waals surface area contributed by atoms with Gasteiger partial charge in [0.1, 0.15) is 25.0 Å². The van der Waals surface area contributed by atoms with Crippen molar-refractivity contribution in [3.05, 3.63) is 114 Å². The molecule has 6 rings (SSSR count). The van der Waals surface area contributed by atoms with E-state index in [1.165, 1.54) is 15.4 Å². The number of carbonyl (C=O) groups excluding carboxylic acids is 3. The number of carboxylic acid groups (broad SMARTS) is 1. The minimum atomic E-state index is -1.26. The topological polar surface area (TPSA) is 111 Å². The van der Waals surface area contributed by atoms with Gasteiger partial charge in [-0.2, -0.15) is 0 Å². The molecule has 3 saturated heterocycles. The van der Waals surface area contributed by atoms with Crippen LogP contribution in [0.4, 0.5) is 4.79 Å². The van der Waals surface area contributed by atoms with E-state index in [-0.39, 0.29) is 13.0 Å². The molecule has 3 aliphatic rings. The van der Waals surface area contributed by atoms with E-state index in [4.69, 9.17) is 4.74 Å². The molecule has 3 fully saturated rings. The molecular weight excluding hydrogens is 596 g/mol. The fraction of sp³-hybridized carbons (Fsp3) is 0.351. The number of carbonyl (C=O) groups is 4. The smallest absolute Gasteiger partial charge is 0.411 e. The summed E-state index contributed by atoms with van der Waals surface area (Å²) in [5, 5.41) is 10.5. The van der Waals surface area contributed by atoms with Gasteiger partial charge in [-0.05, 0) is 23.1 Å². The summed E-state index contributed by atoms with van der Waals surface area (Å²) in [5.74, 6) is -1.66. The summed E-state index contributed by atoms with van der Waals surface area (Å²) in [6, 6.07) is 25.0. The number of ether oxygens (including phenoxy) is 1. The van der Waals surface area contributed by atoms with Crippen molar-refractivity contribution in [1.29, 1.82) is 0 Å². The lowest BCUT2D eigenvalue weighted by molar-refractivity contribution is -0.169. The van der Waals surface area contributed by atoms with Gasteiger partial charge in [-0.15, -0.1) is 0 Å². The van der Waals surface area contributed by atoms with E-state index in [1.807, 2.05) is 89.8 Å². The number of cyclic esters (lactones) is 1. The normalized spacial score (nSPS) is 23.4. The van der Waals surface area contributed by atoms with E-state index < -0.39 is 48.2 Å². The van der Waals surface area contributed by atoms with Crippen LogP contribution in [0, 0.1) is 0 Å². The summed E-state index contributed by atoms with van der Waals surface area (Å²) in [6.45, 7) is 3.77. The maximum atomic E-state index is 14.0. The Labute approximate surface area is 274 Å². The lowest BCUT2D eigenvalue weighted by Gasteiger charge is -2.52. The second-order valence-electron chi connectivity index (χ2n) is 12.3. The second-order valence-corrected chi connectivity index (χ2v) is 12.3. The highest BCUT2D eigenvalue weighted by atomic mass is 16.6. The minimum absolute atomic E-state index is 0.0520. The van der Waals surface area contributed by atoms with Crippen LogP contribution in [0.3, 0.4) is 0 Å². The van der Waals surface area contributed by atoms with Crippen LogP contribution >= 0.6 is 0 Å². The Morgan fingerprint density at radius 2 is 1.53 bits per heavy atom. The molecule has 3 aromatic carbocycles. The summed E-state index contributed by atoms with van der Waals surface area (Å²) in [6.07, 6.45) is 4.69. The standard InChI is InChI=1S/C37H40N4O6/c42-25-30(39-22-20-38(21-23-39)19-18-28-12-6-2-7-13-28)24-32(36(44)45)40-31(17-16-27-10-4-1-5-11-27)34(35(40)43)41-33(26-47-37(41)46)29-14-8-3-9-15-29/h1-17,25,30-34H,18-24,26H2,(H,44,45)/t30-,31?,32?,33+,34?/m0/s1. The predicted octanol–water partition coefficient (Wildman–Crippen LogP) is 3.74. The number of likely N-dealkylation sites (tertiary alicyclic amines) is 1. The molecule has 10 nitrogen and oxygen atoms in total. The van der Waals surface area contributed by atoms with Crippen molar-refractivity contribution in [3.8, 4) is 0 Å². The fourth-order valence-electron chi connectivity index (χ4n) is 6.91. The van der Waals surface area contributed by atoms with Gasteiger partial charge in [0, 0.05) is 39.1 Å². The van der Waals surface area contributed by atoms with Gasteiger partial charge in [-0.1, -0.05) is 103 Å². The summed E-state index contributed by atoms with van der Waals surface area (Å²) < 4.78 is 5.42. The van der Waals surface area contributed by atoms with Crippen molar-refractivity contribution in [1.82, 2.24) is 19.6 Å². The molecule has 0 aliphatic carbocycles. The highest BCUT2D eigenvalue weighted by Gasteiger charge is 2.58. The molecule has 0 aromatic heterocycles. The number of aldehydes is 1. The number of hydrogen-bond donors (Lipinski definition) is 1. The molecule has 3 unspecified atom stereocenters. The van der Waals surface area contributed by atoms with Crippen LogP contribution in [0.2, 0.25) is 0 Å². The number of piperazine rings is 1. The third-order valence-electron chi connectivity index (χ3n) is 9.51. The number of aliphatic carboxylic acids is 1. The van der Waals surface area contributed by atoms with Crippen LogP contribution < -0.4 is 0 Å². The lowest BCUT2D eigenvalue weighted by atomic mass is 9.87. The van der Waals surface area contributed by atoms with Crippen molar-refractivity contribution in [2.45, 2.75) is 43.1 Å². The van der Waals surface area contributed by atoms with Crippen molar-refractivity contribution in [2.24, 2.45) is 0 Å². The number of benzene rings is 3. The zero-order valence-corrected chi connectivity index (χ0v) is 26.2. The molecule has 0 bridgehead atoms. The Bertz CT molecular complexity index is 1560. The Morgan fingerprint density at radius 1 is 0.894 bits per heavy atom. The van der Waals surface area contributed by atoms with Crippen molar-refractivity contribution in [2.75, 3.05) is 39.3 Å². The molecular formula is C37H40N4O6. The number of hydrogen-bond acceptors (Lipinski definition) is 7. The molecule has 0 spiro atoms. The van der Waals surface area contributed by atoms with Gasteiger partial charge >= 0.3 is 12.1 Å². The third kappa shape index (κ3) is 7.13. The molecule has 3 aliphatic heterocycles. The van der Waals surface area contributed by atoms with Gasteiger partial charge < -0.3 is 24.4 Å². The van der Waals surface area contributed by atoms with Gasteiger partial charge in [0.05, 0.1) is 18.1 Å². The Kier molecular flexibility index (Phi) is 10.1. The van der Waals surface area contributed by atoms with Crippen LogP contribution in [0.1, 0.15) is 29.2 Å². The van der Waals surface area contributed by atoms with Crippen LogP contribution in [0.5, 0.6) is 0 Å². The quantitative estimate of drug-likeness (QED) is 0.223. The zero-order valence-electron chi connectivity index (χ0n) is 26.2. The average Bonchev–Trinajstić information content (AvgIpc) is 3.48. The molecule has 0 radical (unpaired) electrons. The summed E-state index contributed by atoms with van der Waals surface area (Å²) in [4.78, 5) is 59.5. The fourth-order valence-corrected chi connectivity index (χ4v) is 6.91. The number of β-lactam (4-membered cyclic amide) rings is 1. The number of rotatable bonds is 13. The van der Waals surface area contributed by atoms with Gasteiger partial charge in [0.2, 0.25) is 5.91 Å². The summed E-state index contributed by atoms with van der Waals surface area (Å²) in [5.41, 5.74) is 2.97. The first kappa shape index (κ1) is 32.2. The Hall–Kier alpha value is -4.80. The SMILES string of the molecule is O=C[C@H](CC(C(=O)O)N1C(=O)C(N2C(=O)OC[C@@H]2c2ccccc2)C1C=Cc1ccccc1)N1CCN(CCc2ccccc2)CC1. The first-order valence-electron chi connectivity index (χ1n) is 16.2. The maximum absolute atomic E-state index is 14.0. The number of amides is 2. The molecule has 10 heteroatoms. The van der Waals surface area contributed by atoms with E-state index in [0.717, 1.165) is 43.5 Å². The molecule has 3 aromatic rings. The molecule has 2 amide bonds. The van der Waals surface area contributed by atoms with Crippen LogP contribution in [-0.4, -0.2) is 112 Å². The molecule has 0 saturated carbocycles. The number of nitrogens with zero attached hydrogens (tertiary/aromatic N) is 4. The van der Waals surface area contributed by atoms with Gasteiger partial charge in [-0.3, -0.25) is 14.6 Å². The summed E-state index contributed by atoms with van der Waals surface area (Å²) >= 11 is 0. The molecule has 1 N–H and O–H groups in total. The lowest BCUT2D eigenvalue weighted by Crippen LogP contribution is -2.74. The molecule has 5 atom stereocenters. The Morgan fingerprint density at radius 3 is 2.17 bits per heavy atom. The highest BCUT2D eigenvalue weighted by Crippen LogP contribution is 2.39. The number of carboxylic acids is 1. The minimum Gasteiger partial charge on any atom is -0.480 e. The Balaban J connectivity index is 1.19. The van der Waals surface area contributed by atoms with E-state index in [9.17, 15) is 24.3 Å². The highest BCUT2D eigenvalue weighted by molar-refractivity contribution is 5.97. The first-order valence-corrected chi connectivity index (χ1v) is 16.2. The second kappa shape index (κ2) is 14.7. The van der Waals surface area contributed by atoms with Crippen LogP contribution in [-0.2, 0) is 25.5 Å². The maximum Gasteiger partial charge on any atom is 0.411 e. The van der Waals surface area contributed by atoms with Crippen molar-refractivity contribution >= 4 is 30.3 Å². The summed E-state index contributed by atoms with van der Waals surface area (Å²) in [7, 11) is 0.